The molecule has 4 N–H and O–H groups in total. The molecule has 3 rings (SSSR count). The van der Waals surface area contributed by atoms with Gasteiger partial charge in [0.2, 0.25) is 5.91 Å². The smallest absolute Gasteiger partial charge is 0.407 e. The Bertz CT molecular complexity index is 914. The fourth-order valence-corrected chi connectivity index (χ4v) is 4.05. The first-order chi connectivity index (χ1) is 17.6. The molecule has 1 aliphatic rings. The minimum atomic E-state index is -0.882. The molecular formula is C27H37N3O6. The zero-order valence-corrected chi connectivity index (χ0v) is 20.6. The molecule has 1 saturated heterocycles. The van der Waals surface area contributed by atoms with Crippen LogP contribution in [0.15, 0.2) is 60.7 Å². The summed E-state index contributed by atoms with van der Waals surface area (Å²) < 4.78 is 16.7. The minimum Gasteiger partial charge on any atom is -0.450 e. The van der Waals surface area contributed by atoms with Crippen LogP contribution in [0.4, 0.5) is 4.79 Å². The van der Waals surface area contributed by atoms with Gasteiger partial charge in [-0.1, -0.05) is 60.7 Å². The van der Waals surface area contributed by atoms with Gasteiger partial charge in [0.05, 0.1) is 38.1 Å². The van der Waals surface area contributed by atoms with E-state index in [1.807, 2.05) is 60.7 Å². The Morgan fingerprint density at radius 3 is 2.53 bits per heavy atom. The number of benzene rings is 2. The monoisotopic (exact) mass is 499 g/mol. The van der Waals surface area contributed by atoms with Gasteiger partial charge in [-0.25, -0.2) is 4.79 Å². The highest BCUT2D eigenvalue weighted by Crippen LogP contribution is 2.23. The number of rotatable bonds is 14. The zero-order valence-electron chi connectivity index (χ0n) is 20.6. The van der Waals surface area contributed by atoms with E-state index in [0.29, 0.717) is 45.6 Å². The van der Waals surface area contributed by atoms with Crippen LogP contribution in [-0.4, -0.2) is 80.2 Å². The number of hydrogen-bond donors (Lipinski definition) is 3. The molecule has 0 aromatic heterocycles. The van der Waals surface area contributed by atoms with Crippen LogP contribution in [-0.2, 0) is 25.4 Å². The molecule has 3 atom stereocenters. The predicted octanol–water partition coefficient (Wildman–Crippen LogP) is 2.04. The maximum atomic E-state index is 12.4. The Morgan fingerprint density at radius 2 is 1.83 bits per heavy atom. The molecule has 3 unspecified atom stereocenters. The molecule has 1 heterocycles. The quantitative estimate of drug-likeness (QED) is 0.340. The number of alkyl carbamates (subject to hydrolysis) is 1. The van der Waals surface area contributed by atoms with E-state index in [0.717, 1.165) is 11.1 Å². The molecule has 0 spiro atoms. The number of aliphatic hydroxyl groups excluding tert-OH is 1. The highest BCUT2D eigenvalue weighted by Gasteiger charge is 2.22. The number of ether oxygens (including phenoxy) is 3. The number of carbonyl (C=O) groups is 2. The number of aliphatic hydroxyl groups is 1. The Morgan fingerprint density at radius 1 is 1.11 bits per heavy atom. The first kappa shape index (κ1) is 27.6. The lowest BCUT2D eigenvalue weighted by Crippen LogP contribution is -2.48. The van der Waals surface area contributed by atoms with Crippen LogP contribution in [0.5, 0.6) is 0 Å². The number of morpholine rings is 1. The molecule has 0 radical (unpaired) electrons. The second kappa shape index (κ2) is 15.2. The van der Waals surface area contributed by atoms with Crippen molar-refractivity contribution in [3.63, 3.8) is 0 Å². The number of hydrogen-bond acceptors (Lipinski definition) is 7. The van der Waals surface area contributed by atoms with Crippen molar-refractivity contribution in [1.82, 2.24) is 10.2 Å². The fourth-order valence-electron chi connectivity index (χ4n) is 4.05. The van der Waals surface area contributed by atoms with Gasteiger partial charge in [0.15, 0.2) is 0 Å². The Kier molecular flexibility index (Phi) is 11.7. The topological polar surface area (TPSA) is 123 Å². The summed E-state index contributed by atoms with van der Waals surface area (Å²) in [5.41, 5.74) is 7.64. The van der Waals surface area contributed by atoms with Gasteiger partial charge in [-0.05, 0) is 30.4 Å². The summed E-state index contributed by atoms with van der Waals surface area (Å²) in [6.07, 6.45) is 0.0286. The molecule has 1 fully saturated rings. The lowest BCUT2D eigenvalue weighted by molar-refractivity contribution is -0.143. The van der Waals surface area contributed by atoms with E-state index < -0.39 is 18.2 Å². The number of nitrogens with one attached hydrogen (secondary N) is 1. The van der Waals surface area contributed by atoms with Crippen LogP contribution in [0.25, 0.3) is 0 Å². The average molecular weight is 500 g/mol. The number of amides is 2. The number of carbonyl (C=O) groups excluding carboxylic acids is 2. The summed E-state index contributed by atoms with van der Waals surface area (Å²) in [6.45, 7) is 2.39. The van der Waals surface area contributed by atoms with Gasteiger partial charge in [-0.2, -0.15) is 0 Å². The molecule has 9 heteroatoms. The van der Waals surface area contributed by atoms with Gasteiger partial charge in [0, 0.05) is 19.6 Å². The van der Waals surface area contributed by atoms with E-state index in [1.54, 1.807) is 4.90 Å². The first-order valence-corrected chi connectivity index (χ1v) is 12.4. The molecule has 196 valence electrons. The SMILES string of the molecule is NCC(O)C(Cc1ccccc1)NC(=O)OCCCC(OCCN1CCOCC1=O)c1ccccc1. The van der Waals surface area contributed by atoms with Crippen molar-refractivity contribution in [1.29, 1.82) is 0 Å². The third-order valence-corrected chi connectivity index (χ3v) is 6.09. The van der Waals surface area contributed by atoms with Crippen molar-refractivity contribution < 1.29 is 28.9 Å². The number of nitrogens with two attached hydrogens (primary N) is 1. The number of nitrogens with zero attached hydrogens (tertiary/aromatic N) is 1. The normalized spacial score (nSPS) is 16.3. The molecule has 1 aliphatic heterocycles. The van der Waals surface area contributed by atoms with Gasteiger partial charge in [-0.3, -0.25) is 4.79 Å². The van der Waals surface area contributed by atoms with Crippen molar-refractivity contribution in [3.8, 4) is 0 Å². The fraction of sp³-hybridized carbons (Fsp3) is 0.481. The van der Waals surface area contributed by atoms with Crippen molar-refractivity contribution >= 4 is 12.0 Å². The third-order valence-electron chi connectivity index (χ3n) is 6.09. The lowest BCUT2D eigenvalue weighted by Gasteiger charge is -2.27. The molecule has 2 amide bonds. The molecule has 36 heavy (non-hydrogen) atoms. The molecule has 0 saturated carbocycles. The maximum absolute atomic E-state index is 12.4. The summed E-state index contributed by atoms with van der Waals surface area (Å²) >= 11 is 0. The highest BCUT2D eigenvalue weighted by atomic mass is 16.5. The molecule has 0 aliphatic carbocycles. The molecular weight excluding hydrogens is 462 g/mol. The summed E-state index contributed by atoms with van der Waals surface area (Å²) in [7, 11) is 0. The van der Waals surface area contributed by atoms with Gasteiger partial charge >= 0.3 is 6.09 Å². The maximum Gasteiger partial charge on any atom is 0.407 e. The van der Waals surface area contributed by atoms with E-state index in [9.17, 15) is 14.7 Å². The summed E-state index contributed by atoms with van der Waals surface area (Å²) in [5, 5.41) is 13.0. The zero-order chi connectivity index (χ0) is 25.6. The lowest BCUT2D eigenvalue weighted by atomic mass is 10.0. The van der Waals surface area contributed by atoms with Crippen LogP contribution in [0.3, 0.4) is 0 Å². The Hall–Kier alpha value is -2.98. The summed E-state index contributed by atoms with van der Waals surface area (Å²) in [4.78, 5) is 26.1. The van der Waals surface area contributed by atoms with Crippen molar-refractivity contribution in [2.24, 2.45) is 5.73 Å². The predicted molar refractivity (Wildman–Crippen MR) is 135 cm³/mol. The molecule has 2 aromatic rings. The van der Waals surface area contributed by atoms with E-state index in [-0.39, 0.29) is 31.8 Å². The van der Waals surface area contributed by atoms with Crippen LogP contribution >= 0.6 is 0 Å². The van der Waals surface area contributed by atoms with Gasteiger partial charge in [-0.15, -0.1) is 0 Å². The minimum absolute atomic E-state index is 0.0224. The second-order valence-electron chi connectivity index (χ2n) is 8.73. The van der Waals surface area contributed by atoms with Crippen LogP contribution in [0, 0.1) is 0 Å². The van der Waals surface area contributed by atoms with Crippen LogP contribution < -0.4 is 11.1 Å². The van der Waals surface area contributed by atoms with Crippen molar-refractivity contribution in [3.05, 3.63) is 71.8 Å². The van der Waals surface area contributed by atoms with Gasteiger partial charge < -0.3 is 35.3 Å². The first-order valence-electron chi connectivity index (χ1n) is 12.4. The largest absolute Gasteiger partial charge is 0.450 e. The Labute approximate surface area is 212 Å². The summed E-state index contributed by atoms with van der Waals surface area (Å²) in [6, 6.07) is 18.9. The third kappa shape index (κ3) is 9.23. The van der Waals surface area contributed by atoms with Crippen LogP contribution in [0.1, 0.15) is 30.1 Å². The average Bonchev–Trinajstić information content (AvgIpc) is 2.91. The van der Waals surface area contributed by atoms with Crippen LogP contribution in [0.2, 0.25) is 0 Å². The van der Waals surface area contributed by atoms with E-state index in [4.69, 9.17) is 19.9 Å². The van der Waals surface area contributed by atoms with Crippen molar-refractivity contribution in [2.45, 2.75) is 37.5 Å². The standard InChI is InChI=1S/C27H37N3O6/c28-19-24(31)23(18-21-8-3-1-4-9-21)29-27(33)36-15-7-12-25(22-10-5-2-6-11-22)35-17-14-30-13-16-34-20-26(30)32/h1-6,8-11,23-25,31H,7,12-20,28H2,(H,29,33). The van der Waals surface area contributed by atoms with E-state index >= 15 is 0 Å². The van der Waals surface area contributed by atoms with Crippen molar-refractivity contribution in [2.75, 3.05) is 46.1 Å². The Balaban J connectivity index is 1.44. The molecule has 2 aromatic carbocycles. The second-order valence-corrected chi connectivity index (χ2v) is 8.73. The highest BCUT2D eigenvalue weighted by molar-refractivity contribution is 5.77. The molecule has 0 bridgehead atoms. The van der Waals surface area contributed by atoms with Gasteiger partial charge in [0.25, 0.3) is 0 Å². The van der Waals surface area contributed by atoms with E-state index in [2.05, 4.69) is 5.32 Å². The van der Waals surface area contributed by atoms with E-state index in [1.165, 1.54) is 0 Å². The molecule has 9 nitrogen and oxygen atoms in total. The van der Waals surface area contributed by atoms with Gasteiger partial charge in [0.1, 0.15) is 6.61 Å². The summed E-state index contributed by atoms with van der Waals surface area (Å²) in [5.74, 6) is -0.0224.